The van der Waals surface area contributed by atoms with E-state index in [9.17, 15) is 4.79 Å². The lowest BCUT2D eigenvalue weighted by Crippen LogP contribution is -2.22. The number of halogens is 1. The molecule has 0 spiro atoms. The van der Waals surface area contributed by atoms with Crippen LogP contribution < -0.4 is 14.8 Å². The number of anilines is 1. The summed E-state index contributed by atoms with van der Waals surface area (Å²) in [4.78, 5) is 21.5. The lowest BCUT2D eigenvalue weighted by Gasteiger charge is -2.11. The number of fused-ring (bicyclic) bond motifs is 1. The van der Waals surface area contributed by atoms with E-state index in [0.29, 0.717) is 44.9 Å². The second-order valence-electron chi connectivity index (χ2n) is 7.54. The molecule has 10 nitrogen and oxygen atoms in total. The number of benzene rings is 2. The van der Waals surface area contributed by atoms with E-state index >= 15 is 0 Å². The number of methoxy groups -OCH3 is 1. The van der Waals surface area contributed by atoms with Crippen LogP contribution in [0.25, 0.3) is 22.5 Å². The Bertz CT molecular complexity index is 1510. The van der Waals surface area contributed by atoms with Gasteiger partial charge in [-0.1, -0.05) is 23.7 Å². The summed E-state index contributed by atoms with van der Waals surface area (Å²) < 4.78 is 14.1. The fourth-order valence-corrected chi connectivity index (χ4v) is 3.71. The Hall–Kier alpha value is -4.44. The van der Waals surface area contributed by atoms with Crippen LogP contribution in [0.5, 0.6) is 11.5 Å². The van der Waals surface area contributed by atoms with Crippen LogP contribution in [0.3, 0.4) is 0 Å². The second kappa shape index (κ2) is 9.43. The molecule has 3 heterocycles. The highest BCUT2D eigenvalue weighted by Crippen LogP contribution is 2.27. The third kappa shape index (κ3) is 4.51. The van der Waals surface area contributed by atoms with Gasteiger partial charge >= 0.3 is 0 Å². The minimum absolute atomic E-state index is 0.210. The van der Waals surface area contributed by atoms with Crippen molar-refractivity contribution >= 4 is 34.4 Å². The summed E-state index contributed by atoms with van der Waals surface area (Å²) in [6.45, 7) is 1.62. The minimum atomic E-state index is -0.362. The highest BCUT2D eigenvalue weighted by atomic mass is 35.5. The summed E-state index contributed by atoms with van der Waals surface area (Å²) in [6.07, 6.45) is 3.09. The molecule has 5 rings (SSSR count). The largest absolute Gasteiger partial charge is 0.493 e. The van der Waals surface area contributed by atoms with Crippen molar-refractivity contribution in [3.63, 3.8) is 0 Å². The van der Waals surface area contributed by atoms with Gasteiger partial charge in [-0.25, -0.2) is 14.6 Å². The first-order chi connectivity index (χ1) is 17.0. The molecule has 2 aromatic carbocycles. The van der Waals surface area contributed by atoms with Gasteiger partial charge in [-0.2, -0.15) is 14.9 Å². The molecule has 0 unspecified atom stereocenters. The van der Waals surface area contributed by atoms with Crippen LogP contribution in [0.2, 0.25) is 5.02 Å². The number of hydrogen-bond acceptors (Lipinski definition) is 7. The number of amides is 1. The molecule has 0 bridgehead atoms. The highest BCUT2D eigenvalue weighted by molar-refractivity contribution is 6.30. The molecule has 35 heavy (non-hydrogen) atoms. The summed E-state index contributed by atoms with van der Waals surface area (Å²) in [5.41, 5.74) is 2.08. The molecule has 11 heteroatoms. The van der Waals surface area contributed by atoms with E-state index < -0.39 is 0 Å². The maximum Gasteiger partial charge on any atom is 0.263 e. The van der Waals surface area contributed by atoms with Gasteiger partial charge in [0.05, 0.1) is 30.1 Å². The summed E-state index contributed by atoms with van der Waals surface area (Å²) in [7, 11) is 1.54. The molecule has 5 aromatic rings. The van der Waals surface area contributed by atoms with Crippen LogP contribution in [0.15, 0.2) is 67.1 Å². The van der Waals surface area contributed by atoms with Crippen LogP contribution in [-0.4, -0.2) is 49.2 Å². The minimum Gasteiger partial charge on any atom is -0.493 e. The number of nitrogens with zero attached hydrogens (tertiary/aromatic N) is 6. The Morgan fingerprint density at radius 3 is 2.60 bits per heavy atom. The van der Waals surface area contributed by atoms with Crippen molar-refractivity contribution in [3.8, 4) is 23.0 Å². The molecule has 176 valence electrons. The fraction of sp³-hybridized carbons (Fsp3) is 0.125. The zero-order valence-electron chi connectivity index (χ0n) is 18.8. The number of hydrogen-bond donors (Lipinski definition) is 1. The first-order valence-electron chi connectivity index (χ1n) is 10.6. The van der Waals surface area contributed by atoms with Gasteiger partial charge in [0.15, 0.2) is 29.6 Å². The van der Waals surface area contributed by atoms with Crippen LogP contribution in [0.4, 0.5) is 5.82 Å². The van der Waals surface area contributed by atoms with Crippen molar-refractivity contribution in [2.45, 2.75) is 6.92 Å². The Labute approximate surface area is 205 Å². The van der Waals surface area contributed by atoms with Gasteiger partial charge in [-0.3, -0.25) is 4.79 Å². The molecule has 0 saturated heterocycles. The highest BCUT2D eigenvalue weighted by Gasteiger charge is 2.18. The van der Waals surface area contributed by atoms with Crippen LogP contribution >= 0.6 is 11.6 Å². The topological polar surface area (TPSA) is 109 Å². The molecule has 1 amide bonds. The van der Waals surface area contributed by atoms with E-state index in [0.717, 1.165) is 5.69 Å². The molecule has 0 aliphatic rings. The van der Waals surface area contributed by atoms with E-state index in [1.165, 1.54) is 6.33 Å². The van der Waals surface area contributed by atoms with Crippen LogP contribution in [-0.2, 0) is 4.79 Å². The number of carbonyl (C=O) groups is 1. The predicted octanol–water partition coefficient (Wildman–Crippen LogP) is 3.99. The molecule has 0 aliphatic heterocycles. The summed E-state index contributed by atoms with van der Waals surface area (Å²) >= 11 is 6.01. The molecular weight excluding hydrogens is 470 g/mol. The molecule has 0 saturated carbocycles. The van der Waals surface area contributed by atoms with Crippen molar-refractivity contribution in [1.29, 1.82) is 0 Å². The normalized spacial score (nSPS) is 10.9. The average Bonchev–Trinajstić information content (AvgIpc) is 3.46. The van der Waals surface area contributed by atoms with Crippen molar-refractivity contribution < 1.29 is 14.3 Å². The van der Waals surface area contributed by atoms with Gasteiger partial charge in [0.25, 0.3) is 5.91 Å². The molecule has 0 atom stereocenters. The number of para-hydroxylation sites is 2. The van der Waals surface area contributed by atoms with Crippen molar-refractivity contribution in [3.05, 3.63) is 77.8 Å². The van der Waals surface area contributed by atoms with Gasteiger partial charge in [-0.15, -0.1) is 0 Å². The van der Waals surface area contributed by atoms with E-state index in [2.05, 4.69) is 25.5 Å². The molecule has 0 aliphatic carbocycles. The van der Waals surface area contributed by atoms with Crippen LogP contribution in [0.1, 0.15) is 5.69 Å². The first kappa shape index (κ1) is 22.4. The summed E-state index contributed by atoms with van der Waals surface area (Å²) in [5.74, 6) is 1.57. The predicted molar refractivity (Wildman–Crippen MR) is 131 cm³/mol. The Morgan fingerprint density at radius 1 is 1.06 bits per heavy atom. The number of aromatic nitrogens is 6. The summed E-state index contributed by atoms with van der Waals surface area (Å²) in [5, 5.41) is 13.1. The number of aryl methyl sites for hydroxylation is 1. The quantitative estimate of drug-likeness (QED) is 0.368. The summed E-state index contributed by atoms with van der Waals surface area (Å²) in [6, 6.07) is 16.1. The van der Waals surface area contributed by atoms with E-state index in [4.69, 9.17) is 21.1 Å². The smallest absolute Gasteiger partial charge is 0.263 e. The third-order valence-electron chi connectivity index (χ3n) is 5.14. The Balaban J connectivity index is 1.42. The monoisotopic (exact) mass is 489 g/mol. The molecule has 0 radical (unpaired) electrons. The lowest BCUT2D eigenvalue weighted by molar-refractivity contribution is -0.118. The molecule has 0 fully saturated rings. The average molecular weight is 490 g/mol. The second-order valence-corrected chi connectivity index (χ2v) is 7.97. The van der Waals surface area contributed by atoms with Crippen molar-refractivity contribution in [1.82, 2.24) is 29.5 Å². The number of ether oxygens (including phenoxy) is 2. The number of rotatable bonds is 7. The lowest BCUT2D eigenvalue weighted by atomic mass is 10.3. The molecule has 3 aromatic heterocycles. The zero-order valence-corrected chi connectivity index (χ0v) is 19.6. The number of nitrogens with one attached hydrogen (secondary N) is 1. The fourth-order valence-electron chi connectivity index (χ4n) is 3.58. The Morgan fingerprint density at radius 2 is 1.83 bits per heavy atom. The van der Waals surface area contributed by atoms with Crippen LogP contribution in [0, 0.1) is 6.92 Å². The SMILES string of the molecule is COc1ccccc1OCC(=O)Nc1cc(C)nn1-c1ncnc2c1cnn2-c1ccc(Cl)cc1. The standard InChI is InChI=1S/C24H20ClN7O3/c1-15-11-21(29-22(33)13-35-20-6-4-3-5-19(20)34-2)32(30-15)24-18-12-28-31(23(18)26-14-27-24)17-9-7-16(25)8-10-17/h3-12,14H,13H2,1-2H3,(H,29,33). The van der Waals surface area contributed by atoms with Gasteiger partial charge in [0.2, 0.25) is 0 Å². The van der Waals surface area contributed by atoms with Gasteiger partial charge in [0, 0.05) is 11.1 Å². The first-order valence-corrected chi connectivity index (χ1v) is 11.0. The molecular formula is C24H20ClN7O3. The van der Waals surface area contributed by atoms with Gasteiger partial charge < -0.3 is 14.8 Å². The van der Waals surface area contributed by atoms with Crippen molar-refractivity contribution in [2.24, 2.45) is 0 Å². The van der Waals surface area contributed by atoms with E-state index in [1.807, 2.05) is 25.1 Å². The third-order valence-corrected chi connectivity index (χ3v) is 5.40. The molecule has 1 N–H and O–H groups in total. The van der Waals surface area contributed by atoms with Crippen molar-refractivity contribution in [2.75, 3.05) is 19.0 Å². The number of carbonyl (C=O) groups excluding carboxylic acids is 1. The Kier molecular flexibility index (Phi) is 6.02. The van der Waals surface area contributed by atoms with E-state index in [1.54, 1.807) is 59.1 Å². The maximum absolute atomic E-state index is 12.7. The van der Waals surface area contributed by atoms with Gasteiger partial charge in [-0.05, 0) is 43.3 Å². The van der Waals surface area contributed by atoms with Gasteiger partial charge in [0.1, 0.15) is 12.1 Å². The van der Waals surface area contributed by atoms with E-state index in [-0.39, 0.29) is 12.5 Å². The maximum atomic E-state index is 12.7. The zero-order chi connectivity index (χ0) is 24.4.